The SMILES string of the molecule is CCC(=O)O[C@]1(C(=O)SCC(=O)c2ccc(S(C)(=O)=O)cc2)[C@H](C)C[C@H]2[C@@H]3C[C@H](F)C4=CC(=O)C=C[C@]4(C)[C@@]3(F)[C@@H](O)C[C@@]21C. The maximum atomic E-state index is 17.6. The van der Waals surface area contributed by atoms with Gasteiger partial charge in [-0.2, -0.15) is 0 Å². The quantitative estimate of drug-likeness (QED) is 0.323. The lowest BCUT2D eigenvalue weighted by molar-refractivity contribution is -0.228. The number of sulfone groups is 1. The Balaban J connectivity index is 1.50. The number of rotatable bonds is 7. The summed E-state index contributed by atoms with van der Waals surface area (Å²) in [5.41, 5.74) is -6.95. The number of carbonyl (C=O) groups is 4. The highest BCUT2D eigenvalue weighted by atomic mass is 32.2. The van der Waals surface area contributed by atoms with Crippen LogP contribution in [0.4, 0.5) is 8.78 Å². The van der Waals surface area contributed by atoms with Gasteiger partial charge in [-0.3, -0.25) is 19.2 Å². The molecule has 244 valence electrons. The first kappa shape index (κ1) is 33.7. The number of hydrogen-bond acceptors (Lipinski definition) is 9. The van der Waals surface area contributed by atoms with Crippen molar-refractivity contribution in [3.63, 3.8) is 0 Å². The van der Waals surface area contributed by atoms with E-state index in [4.69, 9.17) is 4.74 Å². The van der Waals surface area contributed by atoms with Gasteiger partial charge in [0.25, 0.3) is 0 Å². The second kappa shape index (κ2) is 11.2. The highest BCUT2D eigenvalue weighted by molar-refractivity contribution is 8.14. The molecule has 0 heterocycles. The number of Topliss-reactive ketones (excluding diaryl/α,β-unsaturated/α-hetero) is 1. The smallest absolute Gasteiger partial charge is 0.306 e. The lowest BCUT2D eigenvalue weighted by Gasteiger charge is -2.63. The highest BCUT2D eigenvalue weighted by Crippen LogP contribution is 2.72. The molecular formula is C33H38F2O8S2. The predicted molar refractivity (Wildman–Crippen MR) is 164 cm³/mol. The maximum absolute atomic E-state index is 17.6. The van der Waals surface area contributed by atoms with Crippen molar-refractivity contribution in [1.29, 1.82) is 0 Å². The van der Waals surface area contributed by atoms with Crippen LogP contribution in [0.2, 0.25) is 0 Å². The lowest BCUT2D eigenvalue weighted by Crippen LogP contribution is -2.70. The van der Waals surface area contributed by atoms with Gasteiger partial charge >= 0.3 is 5.97 Å². The van der Waals surface area contributed by atoms with E-state index >= 15 is 8.78 Å². The molecule has 0 aliphatic heterocycles. The Hall–Kier alpha value is -2.70. The fraction of sp³-hybridized carbons (Fsp3) is 0.576. The molecule has 4 aliphatic rings. The molecule has 0 unspecified atom stereocenters. The Morgan fingerprint density at radius 3 is 2.36 bits per heavy atom. The number of hydrogen-bond donors (Lipinski definition) is 1. The molecule has 3 fully saturated rings. The largest absolute Gasteiger partial charge is 0.449 e. The number of fused-ring (bicyclic) bond motifs is 5. The summed E-state index contributed by atoms with van der Waals surface area (Å²) in [5, 5.41) is 11.0. The number of carbonyl (C=O) groups excluding carboxylic acids is 4. The minimum absolute atomic E-state index is 0.0131. The minimum atomic E-state index is -3.47. The van der Waals surface area contributed by atoms with Gasteiger partial charge in [-0.1, -0.05) is 50.7 Å². The van der Waals surface area contributed by atoms with Crippen molar-refractivity contribution < 1.29 is 46.2 Å². The fourth-order valence-corrected chi connectivity index (χ4v) is 10.4. The number of halogens is 2. The molecule has 1 N–H and O–H groups in total. The van der Waals surface area contributed by atoms with Crippen LogP contribution in [0, 0.1) is 28.6 Å². The molecule has 1 aromatic carbocycles. The molecule has 0 amide bonds. The third-order valence-corrected chi connectivity index (χ3v) is 13.1. The van der Waals surface area contributed by atoms with Gasteiger partial charge < -0.3 is 9.84 Å². The summed E-state index contributed by atoms with van der Waals surface area (Å²) in [4.78, 5) is 52.4. The molecule has 4 aliphatic carbocycles. The van der Waals surface area contributed by atoms with Crippen molar-refractivity contribution in [2.24, 2.45) is 28.6 Å². The molecular weight excluding hydrogens is 626 g/mol. The van der Waals surface area contributed by atoms with Crippen LogP contribution >= 0.6 is 11.8 Å². The molecule has 1 aromatic rings. The van der Waals surface area contributed by atoms with E-state index in [1.807, 2.05) is 0 Å². The van der Waals surface area contributed by atoms with Gasteiger partial charge in [0.15, 0.2) is 32.7 Å². The number of ketones is 2. The number of benzene rings is 1. The van der Waals surface area contributed by atoms with Crippen molar-refractivity contribution in [3.8, 4) is 0 Å². The van der Waals surface area contributed by atoms with Crippen LogP contribution in [0.15, 0.2) is 53.0 Å². The number of allylic oxidation sites excluding steroid dienone is 4. The summed E-state index contributed by atoms with van der Waals surface area (Å²) in [6.07, 6.45) is 0.885. The van der Waals surface area contributed by atoms with Gasteiger partial charge in [-0.15, -0.1) is 0 Å². The van der Waals surface area contributed by atoms with Gasteiger partial charge in [0, 0.05) is 40.9 Å². The zero-order chi connectivity index (χ0) is 33.3. The third-order valence-electron chi connectivity index (χ3n) is 11.0. The van der Waals surface area contributed by atoms with Crippen LogP contribution in [-0.4, -0.2) is 71.7 Å². The number of aliphatic hydroxyl groups is 1. The van der Waals surface area contributed by atoms with Crippen LogP contribution < -0.4 is 0 Å². The number of alkyl halides is 2. The summed E-state index contributed by atoms with van der Waals surface area (Å²) in [7, 11) is -3.47. The second-order valence-corrected chi connectivity index (χ2v) is 16.3. The van der Waals surface area contributed by atoms with E-state index in [2.05, 4.69) is 0 Å². The molecule has 0 bridgehead atoms. The maximum Gasteiger partial charge on any atom is 0.306 e. The minimum Gasteiger partial charge on any atom is -0.449 e. The lowest BCUT2D eigenvalue weighted by atomic mass is 9.44. The third kappa shape index (κ3) is 4.88. The normalized spacial score (nSPS) is 38.9. The van der Waals surface area contributed by atoms with Crippen LogP contribution in [0.25, 0.3) is 0 Å². The predicted octanol–water partition coefficient (Wildman–Crippen LogP) is 4.79. The monoisotopic (exact) mass is 664 g/mol. The first-order chi connectivity index (χ1) is 20.9. The van der Waals surface area contributed by atoms with E-state index in [0.29, 0.717) is 11.8 Å². The van der Waals surface area contributed by atoms with Crippen molar-refractivity contribution in [3.05, 3.63) is 53.6 Å². The Bertz CT molecular complexity index is 1620. The molecule has 9 atom stereocenters. The molecule has 8 nitrogen and oxygen atoms in total. The molecule has 5 rings (SSSR count). The molecule has 12 heteroatoms. The Morgan fingerprint density at radius 1 is 1.11 bits per heavy atom. The molecule has 45 heavy (non-hydrogen) atoms. The van der Waals surface area contributed by atoms with Gasteiger partial charge in [0.05, 0.1) is 16.8 Å². The molecule has 3 saturated carbocycles. The Kier molecular flexibility index (Phi) is 8.40. The van der Waals surface area contributed by atoms with Gasteiger partial charge in [0.2, 0.25) is 5.12 Å². The average Bonchev–Trinajstić information content (AvgIpc) is 3.19. The van der Waals surface area contributed by atoms with E-state index < -0.39 is 84.6 Å². The number of ether oxygens (including phenoxy) is 1. The van der Waals surface area contributed by atoms with E-state index in [-0.39, 0.29) is 47.5 Å². The molecule has 0 radical (unpaired) electrons. The first-order valence-corrected chi connectivity index (χ1v) is 17.9. The highest BCUT2D eigenvalue weighted by Gasteiger charge is 2.78. The molecule has 0 saturated heterocycles. The number of thioether (sulfide) groups is 1. The number of esters is 1. The van der Waals surface area contributed by atoms with E-state index in [9.17, 15) is 32.7 Å². The van der Waals surface area contributed by atoms with Crippen LogP contribution in [0.5, 0.6) is 0 Å². The summed E-state index contributed by atoms with van der Waals surface area (Å²) in [6.45, 7) is 6.45. The van der Waals surface area contributed by atoms with Crippen LogP contribution in [0.3, 0.4) is 0 Å². The summed E-state index contributed by atoms with van der Waals surface area (Å²) < 4.78 is 63.0. The molecule has 0 spiro atoms. The Morgan fingerprint density at radius 2 is 1.76 bits per heavy atom. The summed E-state index contributed by atoms with van der Waals surface area (Å²) >= 11 is 0.652. The zero-order valence-corrected chi connectivity index (χ0v) is 27.5. The Labute approximate surface area is 266 Å². The van der Waals surface area contributed by atoms with Crippen molar-refractivity contribution in [2.75, 3.05) is 12.0 Å². The molecule has 0 aromatic heterocycles. The van der Waals surface area contributed by atoms with Crippen LogP contribution in [0.1, 0.15) is 63.7 Å². The first-order valence-electron chi connectivity index (χ1n) is 15.1. The standard InChI is InChI=1S/C33H38F2O8S2/c1-6-28(39)43-33(29(40)44-17-26(37)19-7-9-21(10-8-19)45(5,41)42)18(2)13-22-23-15-25(34)24-14-20(36)11-12-30(24,3)32(23,35)27(38)16-31(22,33)4/h7-12,14,18,22-23,25,27,38H,6,13,15-17H2,1-5H3/t18-,22+,23+,25+,27+,30+,31+,32+,33+/m1/s1. The summed E-state index contributed by atoms with van der Waals surface area (Å²) in [6, 6.07) is 5.32. The van der Waals surface area contributed by atoms with Crippen molar-refractivity contribution in [2.45, 2.75) is 81.8 Å². The van der Waals surface area contributed by atoms with Gasteiger partial charge in [0.1, 0.15) is 6.17 Å². The zero-order valence-electron chi connectivity index (χ0n) is 25.8. The van der Waals surface area contributed by atoms with Crippen LogP contribution in [-0.2, 0) is 29.0 Å². The van der Waals surface area contributed by atoms with Gasteiger partial charge in [-0.05, 0) is 62.0 Å². The van der Waals surface area contributed by atoms with E-state index in [1.165, 1.54) is 43.3 Å². The topological polar surface area (TPSA) is 132 Å². The van der Waals surface area contributed by atoms with Crippen molar-refractivity contribution in [1.82, 2.24) is 0 Å². The average molecular weight is 665 g/mol. The second-order valence-electron chi connectivity index (χ2n) is 13.4. The fourth-order valence-electron chi connectivity index (χ4n) is 8.68. The van der Waals surface area contributed by atoms with Gasteiger partial charge in [-0.25, -0.2) is 17.2 Å². The van der Waals surface area contributed by atoms with E-state index in [0.717, 1.165) is 12.3 Å². The van der Waals surface area contributed by atoms with Crippen molar-refractivity contribution >= 4 is 44.3 Å². The van der Waals surface area contributed by atoms with E-state index in [1.54, 1.807) is 20.8 Å². The summed E-state index contributed by atoms with van der Waals surface area (Å²) in [5.74, 6) is -4.34. The number of aliphatic hydroxyl groups excluding tert-OH is 1.